The summed E-state index contributed by atoms with van der Waals surface area (Å²) in [6.07, 6.45) is 0.432. The Hall–Kier alpha value is -3.86. The maximum Gasteiger partial charge on any atom is 0.312 e. The Morgan fingerprint density at radius 1 is 1.06 bits per heavy atom. The molecule has 0 spiro atoms. The first kappa shape index (κ1) is 19.1. The van der Waals surface area contributed by atoms with Crippen molar-refractivity contribution in [1.82, 2.24) is 19.9 Å². The number of benzene rings is 2. The Morgan fingerprint density at radius 3 is 2.61 bits per heavy atom. The molecule has 156 valence electrons. The van der Waals surface area contributed by atoms with E-state index in [1.807, 2.05) is 0 Å². The number of aliphatic imine (C=N–C) groups is 1. The van der Waals surface area contributed by atoms with Gasteiger partial charge in [-0.3, -0.25) is 0 Å². The molecule has 2 aromatic carbocycles. The lowest BCUT2D eigenvalue weighted by Gasteiger charge is -2.33. The highest BCUT2D eigenvalue weighted by Gasteiger charge is 2.37. The van der Waals surface area contributed by atoms with E-state index in [9.17, 15) is 12.8 Å². The quantitative estimate of drug-likeness (QED) is 0.474. The minimum absolute atomic E-state index is 0.110. The van der Waals surface area contributed by atoms with Gasteiger partial charge in [0.25, 0.3) is 10.0 Å². The Labute approximate surface area is 176 Å². The van der Waals surface area contributed by atoms with E-state index in [1.165, 1.54) is 16.7 Å². The number of nitrogens with zero attached hydrogens (tertiary/aromatic N) is 5. The SMILES string of the molecule is CC(Nc1nc(F)nc2nc[nH]c12)C1=Nc2ccccc2S(=O)(=O)N1c1ccccc1. The molecule has 31 heavy (non-hydrogen) atoms. The van der Waals surface area contributed by atoms with Crippen LogP contribution in [0.5, 0.6) is 0 Å². The molecule has 0 saturated carbocycles. The third-order valence-corrected chi connectivity index (χ3v) is 6.60. The standard InChI is InChI=1S/C20H16FN7O2S/c1-12(24-18-16-17(23-11-22-16)26-20(21)27-18)19-25-14-9-5-6-10-15(14)31(29,30)28(19)13-7-3-2-4-8-13/h2-12H,1H3,(H2,22,23,24,26,27). The highest BCUT2D eigenvalue weighted by Crippen LogP contribution is 2.36. The molecule has 0 aliphatic carbocycles. The summed E-state index contributed by atoms with van der Waals surface area (Å²) in [7, 11) is -3.93. The number of rotatable bonds is 4. The van der Waals surface area contributed by atoms with Crippen molar-refractivity contribution >= 4 is 44.2 Å². The average Bonchev–Trinajstić information content (AvgIpc) is 3.22. The summed E-state index contributed by atoms with van der Waals surface area (Å²) < 4.78 is 42.1. The first-order chi connectivity index (χ1) is 14.9. The molecule has 2 N–H and O–H groups in total. The number of aromatic amines is 1. The van der Waals surface area contributed by atoms with Crippen LogP contribution < -0.4 is 9.62 Å². The molecule has 0 amide bonds. The number of halogens is 1. The second-order valence-corrected chi connectivity index (χ2v) is 8.61. The molecule has 0 bridgehead atoms. The van der Waals surface area contributed by atoms with Crippen LogP contribution in [0.4, 0.5) is 21.6 Å². The summed E-state index contributed by atoms with van der Waals surface area (Å²) in [5.41, 5.74) is 1.33. The predicted octanol–water partition coefficient (Wildman–Crippen LogP) is 3.23. The number of aromatic nitrogens is 4. The van der Waals surface area contributed by atoms with Gasteiger partial charge in [-0.1, -0.05) is 30.3 Å². The molecular formula is C20H16FN7O2S. The van der Waals surface area contributed by atoms with Gasteiger partial charge in [0.1, 0.15) is 16.2 Å². The third kappa shape index (κ3) is 3.19. The number of imidazole rings is 1. The Balaban J connectivity index is 1.64. The van der Waals surface area contributed by atoms with Gasteiger partial charge in [0.15, 0.2) is 11.5 Å². The molecule has 1 unspecified atom stereocenters. The zero-order valence-electron chi connectivity index (χ0n) is 16.2. The lowest BCUT2D eigenvalue weighted by atomic mass is 10.2. The largest absolute Gasteiger partial charge is 0.358 e. The summed E-state index contributed by atoms with van der Waals surface area (Å²) >= 11 is 0. The average molecular weight is 437 g/mol. The fraction of sp³-hybridized carbons (Fsp3) is 0.100. The summed E-state index contributed by atoms with van der Waals surface area (Å²) in [5.74, 6) is 0.371. The highest BCUT2D eigenvalue weighted by molar-refractivity contribution is 7.93. The smallest absolute Gasteiger partial charge is 0.312 e. The molecule has 3 heterocycles. The molecule has 0 fully saturated rings. The molecule has 0 saturated heterocycles. The van der Waals surface area contributed by atoms with E-state index in [0.29, 0.717) is 16.9 Å². The van der Waals surface area contributed by atoms with Crippen LogP contribution >= 0.6 is 0 Å². The predicted molar refractivity (Wildman–Crippen MR) is 114 cm³/mol. The van der Waals surface area contributed by atoms with Gasteiger partial charge < -0.3 is 10.3 Å². The van der Waals surface area contributed by atoms with Gasteiger partial charge in [-0.15, -0.1) is 0 Å². The van der Waals surface area contributed by atoms with Crippen molar-refractivity contribution in [3.63, 3.8) is 0 Å². The molecule has 0 radical (unpaired) electrons. The van der Waals surface area contributed by atoms with Crippen LogP contribution in [0.1, 0.15) is 6.92 Å². The summed E-state index contributed by atoms with van der Waals surface area (Å²) in [6.45, 7) is 1.72. The second-order valence-electron chi connectivity index (χ2n) is 6.85. The molecule has 11 heteroatoms. The second kappa shape index (κ2) is 7.13. The van der Waals surface area contributed by atoms with Crippen molar-refractivity contribution in [2.45, 2.75) is 17.9 Å². The van der Waals surface area contributed by atoms with E-state index < -0.39 is 22.1 Å². The monoisotopic (exact) mass is 437 g/mol. The number of amidine groups is 1. The fourth-order valence-electron chi connectivity index (χ4n) is 3.45. The third-order valence-electron chi connectivity index (χ3n) is 4.82. The van der Waals surface area contributed by atoms with Crippen LogP contribution in [0, 0.1) is 6.08 Å². The van der Waals surface area contributed by atoms with Crippen molar-refractivity contribution in [1.29, 1.82) is 0 Å². The zero-order chi connectivity index (χ0) is 21.6. The van der Waals surface area contributed by atoms with Gasteiger partial charge in [0.05, 0.1) is 23.7 Å². The Bertz CT molecular complexity index is 1420. The van der Waals surface area contributed by atoms with Crippen molar-refractivity contribution in [2.24, 2.45) is 4.99 Å². The molecule has 9 nitrogen and oxygen atoms in total. The van der Waals surface area contributed by atoms with Gasteiger partial charge in [0.2, 0.25) is 0 Å². The van der Waals surface area contributed by atoms with Crippen LogP contribution in [0.2, 0.25) is 0 Å². The normalized spacial score (nSPS) is 15.9. The number of sulfonamides is 1. The van der Waals surface area contributed by atoms with E-state index in [2.05, 4.69) is 30.2 Å². The van der Waals surface area contributed by atoms with Gasteiger partial charge >= 0.3 is 6.08 Å². The number of hydrogen-bond acceptors (Lipinski definition) is 7. The Kier molecular flexibility index (Phi) is 4.40. The molecule has 5 rings (SSSR count). The van der Waals surface area contributed by atoms with Crippen LogP contribution in [0.3, 0.4) is 0 Å². The number of fused-ring (bicyclic) bond motifs is 2. The maximum atomic E-state index is 13.9. The van der Waals surface area contributed by atoms with Crippen LogP contribution in [-0.2, 0) is 10.0 Å². The number of hydrogen-bond donors (Lipinski definition) is 2. The fourth-order valence-corrected chi connectivity index (χ4v) is 5.12. The number of H-pyrrole nitrogens is 1. The summed E-state index contributed by atoms with van der Waals surface area (Å²) in [5, 5.41) is 3.05. The summed E-state index contributed by atoms with van der Waals surface area (Å²) in [6, 6.07) is 14.5. The first-order valence-electron chi connectivity index (χ1n) is 9.36. The number of anilines is 2. The van der Waals surface area contributed by atoms with E-state index in [-0.39, 0.29) is 22.2 Å². The van der Waals surface area contributed by atoms with E-state index in [1.54, 1.807) is 55.5 Å². The van der Waals surface area contributed by atoms with Crippen LogP contribution in [0.25, 0.3) is 11.2 Å². The topological polar surface area (TPSA) is 116 Å². The molecule has 1 aliphatic heterocycles. The molecule has 1 aliphatic rings. The van der Waals surface area contributed by atoms with Crippen molar-refractivity contribution in [2.75, 3.05) is 9.62 Å². The van der Waals surface area contributed by atoms with Crippen LogP contribution in [0.15, 0.2) is 70.8 Å². The summed E-state index contributed by atoms with van der Waals surface area (Å²) in [4.78, 5) is 19.0. The van der Waals surface area contributed by atoms with Crippen molar-refractivity contribution in [3.8, 4) is 0 Å². The van der Waals surface area contributed by atoms with E-state index in [4.69, 9.17) is 0 Å². The molecule has 2 aromatic heterocycles. The minimum Gasteiger partial charge on any atom is -0.358 e. The molecule has 4 aromatic rings. The van der Waals surface area contributed by atoms with E-state index >= 15 is 0 Å². The molecular weight excluding hydrogens is 421 g/mol. The van der Waals surface area contributed by atoms with Gasteiger partial charge in [-0.2, -0.15) is 14.4 Å². The maximum absolute atomic E-state index is 13.9. The van der Waals surface area contributed by atoms with Gasteiger partial charge in [0, 0.05) is 0 Å². The molecule has 1 atom stereocenters. The van der Waals surface area contributed by atoms with Gasteiger partial charge in [-0.25, -0.2) is 22.7 Å². The minimum atomic E-state index is -3.93. The van der Waals surface area contributed by atoms with Gasteiger partial charge in [-0.05, 0) is 31.2 Å². The van der Waals surface area contributed by atoms with Crippen molar-refractivity contribution in [3.05, 3.63) is 67.0 Å². The van der Waals surface area contributed by atoms with Crippen molar-refractivity contribution < 1.29 is 12.8 Å². The lowest BCUT2D eigenvalue weighted by Crippen LogP contribution is -2.47. The number of nitrogens with one attached hydrogen (secondary N) is 2. The van der Waals surface area contributed by atoms with Crippen LogP contribution in [-0.4, -0.2) is 40.2 Å². The zero-order valence-corrected chi connectivity index (χ0v) is 17.0. The lowest BCUT2D eigenvalue weighted by molar-refractivity contribution is 0.545. The Morgan fingerprint density at radius 2 is 1.81 bits per heavy atom. The highest BCUT2D eigenvalue weighted by atomic mass is 32.2. The first-order valence-corrected chi connectivity index (χ1v) is 10.8. The van der Waals surface area contributed by atoms with E-state index in [0.717, 1.165) is 0 Å². The number of para-hydroxylation sites is 2.